The standard InChI is InChI=1S/C14H22N2O3S/c1-15(2)20(18,19)14-7-5-13(6-8-14)16-9-3-4-12(10-16)11-17/h5-8,12,17H,3-4,9-11H2,1-2H3/t12-/m0/s1. The van der Waals surface area contributed by atoms with Gasteiger partial charge in [0, 0.05) is 39.5 Å². The smallest absolute Gasteiger partial charge is 0.242 e. The normalized spacial score (nSPS) is 20.4. The van der Waals surface area contributed by atoms with Crippen molar-refractivity contribution in [2.75, 3.05) is 38.7 Å². The molecule has 0 aromatic heterocycles. The number of aliphatic hydroxyl groups is 1. The van der Waals surface area contributed by atoms with Crippen molar-refractivity contribution in [2.45, 2.75) is 17.7 Å². The molecule has 1 aliphatic rings. The van der Waals surface area contributed by atoms with Crippen molar-refractivity contribution in [3.63, 3.8) is 0 Å². The van der Waals surface area contributed by atoms with Gasteiger partial charge in [0.15, 0.2) is 0 Å². The Morgan fingerprint density at radius 2 is 1.95 bits per heavy atom. The third kappa shape index (κ3) is 3.13. The molecule has 1 aliphatic heterocycles. The SMILES string of the molecule is CN(C)S(=O)(=O)c1ccc(N2CCC[C@H](CO)C2)cc1. The number of sulfonamides is 1. The first-order valence-corrected chi connectivity index (χ1v) is 8.27. The third-order valence-electron chi connectivity index (χ3n) is 3.76. The molecule has 2 rings (SSSR count). The van der Waals surface area contributed by atoms with Crippen molar-refractivity contribution >= 4 is 15.7 Å². The molecule has 6 heteroatoms. The molecule has 1 aromatic rings. The maximum Gasteiger partial charge on any atom is 0.242 e. The van der Waals surface area contributed by atoms with Crippen LogP contribution in [0.5, 0.6) is 0 Å². The molecule has 0 saturated carbocycles. The molecule has 20 heavy (non-hydrogen) atoms. The fourth-order valence-electron chi connectivity index (χ4n) is 2.49. The largest absolute Gasteiger partial charge is 0.396 e. The Morgan fingerprint density at radius 1 is 1.30 bits per heavy atom. The Morgan fingerprint density at radius 3 is 2.50 bits per heavy atom. The number of benzene rings is 1. The van der Waals surface area contributed by atoms with E-state index in [-0.39, 0.29) is 6.61 Å². The van der Waals surface area contributed by atoms with Crippen molar-refractivity contribution in [3.05, 3.63) is 24.3 Å². The summed E-state index contributed by atoms with van der Waals surface area (Å²) in [5.41, 5.74) is 1.01. The van der Waals surface area contributed by atoms with Gasteiger partial charge >= 0.3 is 0 Å². The lowest BCUT2D eigenvalue weighted by molar-refractivity contribution is 0.209. The Hall–Kier alpha value is -1.11. The minimum absolute atomic E-state index is 0.212. The second-order valence-corrected chi connectivity index (χ2v) is 7.57. The lowest BCUT2D eigenvalue weighted by Gasteiger charge is -2.33. The summed E-state index contributed by atoms with van der Waals surface area (Å²) in [6.45, 7) is 2.00. The summed E-state index contributed by atoms with van der Waals surface area (Å²) in [4.78, 5) is 2.51. The predicted octanol–water partition coefficient (Wildman–Crippen LogP) is 1.15. The van der Waals surface area contributed by atoms with Crippen molar-refractivity contribution in [2.24, 2.45) is 5.92 Å². The molecule has 0 radical (unpaired) electrons. The first kappa shape index (κ1) is 15.3. The summed E-state index contributed by atoms with van der Waals surface area (Å²) in [6.07, 6.45) is 2.11. The zero-order valence-electron chi connectivity index (χ0n) is 12.0. The number of nitrogens with zero attached hydrogens (tertiary/aromatic N) is 2. The first-order valence-electron chi connectivity index (χ1n) is 6.83. The van der Waals surface area contributed by atoms with Crippen molar-refractivity contribution in [1.29, 1.82) is 0 Å². The molecular formula is C14H22N2O3S. The molecule has 0 spiro atoms. The second-order valence-electron chi connectivity index (χ2n) is 5.42. The molecular weight excluding hydrogens is 276 g/mol. The Bertz CT molecular complexity index is 540. The first-order chi connectivity index (χ1) is 9.45. The van der Waals surface area contributed by atoms with Gasteiger partial charge in [0.25, 0.3) is 0 Å². The number of anilines is 1. The number of hydrogen-bond donors (Lipinski definition) is 1. The highest BCUT2D eigenvalue weighted by molar-refractivity contribution is 7.89. The van der Waals surface area contributed by atoms with E-state index in [2.05, 4.69) is 4.90 Å². The van der Waals surface area contributed by atoms with Gasteiger partial charge in [-0.25, -0.2) is 12.7 Å². The van der Waals surface area contributed by atoms with Gasteiger partial charge in [-0.2, -0.15) is 0 Å². The molecule has 1 aromatic carbocycles. The van der Waals surface area contributed by atoms with Crippen LogP contribution in [-0.4, -0.2) is 51.6 Å². The van der Waals surface area contributed by atoms with Gasteiger partial charge in [0.2, 0.25) is 10.0 Å². The van der Waals surface area contributed by atoms with E-state index < -0.39 is 10.0 Å². The van der Waals surface area contributed by atoms with Gasteiger partial charge in [0.1, 0.15) is 0 Å². The summed E-state index contributed by atoms with van der Waals surface area (Å²) in [5.74, 6) is 0.314. The van der Waals surface area contributed by atoms with E-state index in [1.165, 1.54) is 18.4 Å². The van der Waals surface area contributed by atoms with Crippen LogP contribution in [0.1, 0.15) is 12.8 Å². The average Bonchev–Trinajstić information content (AvgIpc) is 2.47. The van der Waals surface area contributed by atoms with E-state index in [0.29, 0.717) is 10.8 Å². The molecule has 1 heterocycles. The summed E-state index contributed by atoms with van der Waals surface area (Å²) < 4.78 is 25.2. The van der Waals surface area contributed by atoms with Crippen molar-refractivity contribution in [3.8, 4) is 0 Å². The fraction of sp³-hybridized carbons (Fsp3) is 0.571. The molecule has 1 atom stereocenters. The highest BCUT2D eigenvalue weighted by Gasteiger charge is 2.21. The van der Waals surface area contributed by atoms with Gasteiger partial charge in [-0.05, 0) is 43.0 Å². The number of rotatable bonds is 4. The van der Waals surface area contributed by atoms with Gasteiger partial charge < -0.3 is 10.0 Å². The predicted molar refractivity (Wildman–Crippen MR) is 79.3 cm³/mol. The lowest BCUT2D eigenvalue weighted by atomic mass is 9.98. The van der Waals surface area contributed by atoms with Crippen LogP contribution in [-0.2, 0) is 10.0 Å². The maximum atomic E-state index is 12.0. The van der Waals surface area contributed by atoms with Gasteiger partial charge in [0.05, 0.1) is 4.90 Å². The summed E-state index contributed by atoms with van der Waals surface area (Å²) in [7, 11) is -0.310. The van der Waals surface area contributed by atoms with E-state index in [1.54, 1.807) is 12.1 Å². The third-order valence-corrected chi connectivity index (χ3v) is 5.59. The van der Waals surface area contributed by atoms with E-state index in [1.807, 2.05) is 12.1 Å². The molecule has 0 amide bonds. The molecule has 1 N–H and O–H groups in total. The summed E-state index contributed by atoms with van der Waals surface area (Å²) >= 11 is 0. The molecule has 5 nitrogen and oxygen atoms in total. The molecule has 0 unspecified atom stereocenters. The highest BCUT2D eigenvalue weighted by atomic mass is 32.2. The lowest BCUT2D eigenvalue weighted by Crippen LogP contribution is -2.36. The van der Waals surface area contributed by atoms with Gasteiger partial charge in [-0.3, -0.25) is 0 Å². The topological polar surface area (TPSA) is 60.9 Å². The van der Waals surface area contributed by atoms with Crippen LogP contribution in [0.4, 0.5) is 5.69 Å². The van der Waals surface area contributed by atoms with Crippen LogP contribution in [0.25, 0.3) is 0 Å². The Balaban J connectivity index is 2.16. The zero-order chi connectivity index (χ0) is 14.8. The highest BCUT2D eigenvalue weighted by Crippen LogP contribution is 2.24. The van der Waals surface area contributed by atoms with Crippen LogP contribution in [0.2, 0.25) is 0 Å². The summed E-state index contributed by atoms with van der Waals surface area (Å²) in [6, 6.07) is 6.98. The molecule has 112 valence electrons. The maximum absolute atomic E-state index is 12.0. The van der Waals surface area contributed by atoms with Gasteiger partial charge in [-0.1, -0.05) is 0 Å². The van der Waals surface area contributed by atoms with Crippen LogP contribution in [0, 0.1) is 5.92 Å². The molecule has 0 bridgehead atoms. The minimum Gasteiger partial charge on any atom is -0.396 e. The van der Waals surface area contributed by atoms with Crippen LogP contribution in [0.15, 0.2) is 29.2 Å². The monoisotopic (exact) mass is 298 g/mol. The molecule has 1 saturated heterocycles. The average molecular weight is 298 g/mol. The quantitative estimate of drug-likeness (QED) is 0.906. The second kappa shape index (κ2) is 6.11. The van der Waals surface area contributed by atoms with E-state index in [0.717, 1.165) is 31.6 Å². The number of aliphatic hydroxyl groups excluding tert-OH is 1. The van der Waals surface area contributed by atoms with Crippen LogP contribution in [0.3, 0.4) is 0 Å². The van der Waals surface area contributed by atoms with E-state index in [4.69, 9.17) is 0 Å². The van der Waals surface area contributed by atoms with Crippen molar-refractivity contribution < 1.29 is 13.5 Å². The fourth-order valence-corrected chi connectivity index (χ4v) is 3.39. The number of hydrogen-bond acceptors (Lipinski definition) is 4. The zero-order valence-corrected chi connectivity index (χ0v) is 12.8. The molecule has 0 aliphatic carbocycles. The Kier molecular flexibility index (Phi) is 4.67. The van der Waals surface area contributed by atoms with Gasteiger partial charge in [-0.15, -0.1) is 0 Å². The number of piperidine rings is 1. The van der Waals surface area contributed by atoms with E-state index in [9.17, 15) is 13.5 Å². The summed E-state index contributed by atoms with van der Waals surface area (Å²) in [5, 5.41) is 9.26. The minimum atomic E-state index is -3.36. The molecule has 1 fully saturated rings. The van der Waals surface area contributed by atoms with Crippen LogP contribution < -0.4 is 4.90 Å². The van der Waals surface area contributed by atoms with Crippen LogP contribution >= 0.6 is 0 Å². The Labute approximate surface area is 120 Å². The van der Waals surface area contributed by atoms with Crippen molar-refractivity contribution in [1.82, 2.24) is 4.31 Å². The van der Waals surface area contributed by atoms with E-state index >= 15 is 0 Å².